The van der Waals surface area contributed by atoms with Crippen molar-refractivity contribution in [3.63, 3.8) is 0 Å². The van der Waals surface area contributed by atoms with Gasteiger partial charge >= 0.3 is 6.03 Å². The average Bonchev–Trinajstić information content (AvgIpc) is 2.62. The molecule has 0 aliphatic carbocycles. The number of carbonyl (C=O) groups is 2. The number of benzene rings is 2. The molecule has 0 aliphatic heterocycles. The summed E-state index contributed by atoms with van der Waals surface area (Å²) in [7, 11) is 0. The van der Waals surface area contributed by atoms with Gasteiger partial charge in [0.25, 0.3) is 5.91 Å². The molecule has 2 aromatic carbocycles. The van der Waals surface area contributed by atoms with Crippen molar-refractivity contribution in [3.8, 4) is 0 Å². The van der Waals surface area contributed by atoms with Gasteiger partial charge in [-0.15, -0.1) is 0 Å². The molecular formula is C20H24ClN3O2. The van der Waals surface area contributed by atoms with E-state index < -0.39 is 0 Å². The van der Waals surface area contributed by atoms with Crippen LogP contribution >= 0.6 is 11.6 Å². The van der Waals surface area contributed by atoms with E-state index in [2.05, 4.69) is 16.0 Å². The second kappa shape index (κ2) is 9.25. The number of hydrogen-bond acceptors (Lipinski definition) is 2. The van der Waals surface area contributed by atoms with Crippen molar-refractivity contribution in [1.82, 2.24) is 10.6 Å². The van der Waals surface area contributed by atoms with E-state index >= 15 is 0 Å². The van der Waals surface area contributed by atoms with Gasteiger partial charge in [-0.05, 0) is 62.2 Å². The molecule has 26 heavy (non-hydrogen) atoms. The lowest BCUT2D eigenvalue weighted by Gasteiger charge is -2.15. The van der Waals surface area contributed by atoms with Gasteiger partial charge in [-0.1, -0.05) is 30.7 Å². The third-order valence-electron chi connectivity index (χ3n) is 4.11. The predicted octanol–water partition coefficient (Wildman–Crippen LogP) is 4.75. The van der Waals surface area contributed by atoms with Crippen molar-refractivity contribution in [3.05, 3.63) is 64.7 Å². The summed E-state index contributed by atoms with van der Waals surface area (Å²) in [6.45, 7) is 5.87. The van der Waals surface area contributed by atoms with Crippen LogP contribution in [0.25, 0.3) is 0 Å². The first-order chi connectivity index (χ1) is 12.4. The number of carbonyl (C=O) groups excluding carboxylic acids is 2. The molecule has 0 fully saturated rings. The number of nitrogens with one attached hydrogen (secondary N) is 3. The van der Waals surface area contributed by atoms with Crippen molar-refractivity contribution in [2.24, 2.45) is 0 Å². The van der Waals surface area contributed by atoms with Crippen LogP contribution in [0.3, 0.4) is 0 Å². The van der Waals surface area contributed by atoms with Gasteiger partial charge in [-0.2, -0.15) is 0 Å². The van der Waals surface area contributed by atoms with Gasteiger partial charge in [0.15, 0.2) is 0 Å². The maximum Gasteiger partial charge on any atom is 0.319 e. The Labute approximate surface area is 159 Å². The highest BCUT2D eigenvalue weighted by molar-refractivity contribution is 6.30. The van der Waals surface area contributed by atoms with E-state index in [0.717, 1.165) is 12.0 Å². The number of halogens is 1. The summed E-state index contributed by atoms with van der Waals surface area (Å²) in [4.78, 5) is 24.2. The second-order valence-corrected chi connectivity index (χ2v) is 6.67. The molecule has 5 nitrogen and oxygen atoms in total. The van der Waals surface area contributed by atoms with Gasteiger partial charge in [0.1, 0.15) is 0 Å². The monoisotopic (exact) mass is 373 g/mol. The van der Waals surface area contributed by atoms with Gasteiger partial charge in [-0.25, -0.2) is 4.79 Å². The molecule has 3 N–H and O–H groups in total. The quantitative estimate of drug-likeness (QED) is 0.683. The Morgan fingerprint density at radius 3 is 2.15 bits per heavy atom. The van der Waals surface area contributed by atoms with E-state index in [1.54, 1.807) is 36.4 Å². The first-order valence-electron chi connectivity index (χ1n) is 8.63. The van der Waals surface area contributed by atoms with Crippen molar-refractivity contribution in [1.29, 1.82) is 0 Å². The Balaban J connectivity index is 1.90. The Hall–Kier alpha value is -2.53. The fourth-order valence-electron chi connectivity index (χ4n) is 2.31. The van der Waals surface area contributed by atoms with Gasteiger partial charge in [-0.3, -0.25) is 4.79 Å². The molecule has 0 radical (unpaired) electrons. The summed E-state index contributed by atoms with van der Waals surface area (Å²) < 4.78 is 0. The second-order valence-electron chi connectivity index (χ2n) is 6.23. The summed E-state index contributed by atoms with van der Waals surface area (Å²) in [5.74, 6) is -0.119. The van der Waals surface area contributed by atoms with Crippen molar-refractivity contribution >= 4 is 29.2 Å². The van der Waals surface area contributed by atoms with Crippen molar-refractivity contribution in [2.75, 3.05) is 5.32 Å². The molecule has 2 aromatic rings. The molecule has 3 amide bonds. The number of hydrogen-bond donors (Lipinski definition) is 3. The number of urea groups is 1. The first kappa shape index (κ1) is 19.8. The lowest BCUT2D eigenvalue weighted by molar-refractivity contribution is 0.0939. The molecule has 2 atom stereocenters. The van der Waals surface area contributed by atoms with Crippen LogP contribution < -0.4 is 16.0 Å². The highest BCUT2D eigenvalue weighted by atomic mass is 35.5. The Morgan fingerprint density at radius 1 is 0.962 bits per heavy atom. The molecule has 0 spiro atoms. The van der Waals surface area contributed by atoms with Crippen LogP contribution in [0.15, 0.2) is 48.5 Å². The van der Waals surface area contributed by atoms with Crippen LogP contribution in [0.5, 0.6) is 0 Å². The van der Waals surface area contributed by atoms with E-state index in [4.69, 9.17) is 11.6 Å². The fraction of sp³-hybridized carbons (Fsp3) is 0.300. The van der Waals surface area contributed by atoms with Crippen LogP contribution in [-0.2, 0) is 0 Å². The lowest BCUT2D eigenvalue weighted by Crippen LogP contribution is -2.32. The van der Waals surface area contributed by atoms with E-state index in [1.807, 2.05) is 32.9 Å². The highest BCUT2D eigenvalue weighted by Crippen LogP contribution is 2.16. The predicted molar refractivity (Wildman–Crippen MR) is 106 cm³/mol. The summed E-state index contributed by atoms with van der Waals surface area (Å²) in [5, 5.41) is 9.19. The van der Waals surface area contributed by atoms with Crippen LogP contribution in [0.4, 0.5) is 10.5 Å². The summed E-state index contributed by atoms with van der Waals surface area (Å²) in [6.07, 6.45) is 0.872. The molecule has 0 aromatic heterocycles. The molecular weight excluding hydrogens is 350 g/mol. The van der Waals surface area contributed by atoms with Gasteiger partial charge in [0.2, 0.25) is 0 Å². The Bertz CT molecular complexity index is 745. The minimum absolute atomic E-state index is 0.119. The summed E-state index contributed by atoms with van der Waals surface area (Å²) in [6, 6.07) is 13.8. The molecule has 0 heterocycles. The Kier molecular flexibility index (Phi) is 7.04. The summed E-state index contributed by atoms with van der Waals surface area (Å²) >= 11 is 5.87. The molecule has 138 valence electrons. The average molecular weight is 374 g/mol. The number of anilines is 1. The minimum Gasteiger partial charge on any atom is -0.350 e. The Morgan fingerprint density at radius 2 is 1.58 bits per heavy atom. The highest BCUT2D eigenvalue weighted by Gasteiger charge is 2.11. The standard InChI is InChI=1S/C20H24ClN3O2/c1-4-13(2)22-19(25)16-7-11-18(12-8-16)24-20(26)23-14(3)15-5-9-17(21)10-6-15/h5-14H,4H2,1-3H3,(H,22,25)(H2,23,24,26). The molecule has 0 aliphatic rings. The maximum absolute atomic E-state index is 12.1. The molecule has 2 rings (SSSR count). The zero-order valence-corrected chi connectivity index (χ0v) is 15.9. The number of rotatable bonds is 6. The van der Waals surface area contributed by atoms with Crippen molar-refractivity contribution in [2.45, 2.75) is 39.3 Å². The van der Waals surface area contributed by atoms with Crippen LogP contribution in [0.2, 0.25) is 5.02 Å². The van der Waals surface area contributed by atoms with Gasteiger partial charge in [0.05, 0.1) is 6.04 Å². The van der Waals surface area contributed by atoms with E-state index in [9.17, 15) is 9.59 Å². The zero-order valence-electron chi connectivity index (χ0n) is 15.2. The van der Waals surface area contributed by atoms with Crippen LogP contribution in [-0.4, -0.2) is 18.0 Å². The normalized spacial score (nSPS) is 12.8. The van der Waals surface area contributed by atoms with E-state index in [-0.39, 0.29) is 24.0 Å². The fourth-order valence-corrected chi connectivity index (χ4v) is 2.44. The lowest BCUT2D eigenvalue weighted by atomic mass is 10.1. The zero-order chi connectivity index (χ0) is 19.1. The minimum atomic E-state index is -0.316. The topological polar surface area (TPSA) is 70.2 Å². The molecule has 0 saturated carbocycles. The smallest absolute Gasteiger partial charge is 0.319 e. The first-order valence-corrected chi connectivity index (χ1v) is 9.00. The molecule has 0 saturated heterocycles. The molecule has 2 unspecified atom stereocenters. The largest absolute Gasteiger partial charge is 0.350 e. The molecule has 6 heteroatoms. The van der Waals surface area contributed by atoms with Gasteiger partial charge < -0.3 is 16.0 Å². The summed E-state index contributed by atoms with van der Waals surface area (Å²) in [5.41, 5.74) is 2.14. The van der Waals surface area contributed by atoms with E-state index in [1.165, 1.54) is 0 Å². The van der Waals surface area contributed by atoms with E-state index in [0.29, 0.717) is 16.3 Å². The molecule has 0 bridgehead atoms. The third-order valence-corrected chi connectivity index (χ3v) is 4.36. The number of amides is 3. The van der Waals surface area contributed by atoms with Crippen molar-refractivity contribution < 1.29 is 9.59 Å². The maximum atomic E-state index is 12.1. The van der Waals surface area contributed by atoms with Crippen LogP contribution in [0.1, 0.15) is 49.2 Å². The third kappa shape index (κ3) is 5.77. The SMILES string of the molecule is CCC(C)NC(=O)c1ccc(NC(=O)NC(C)c2ccc(Cl)cc2)cc1. The van der Waals surface area contributed by atoms with Gasteiger partial charge in [0, 0.05) is 22.3 Å². The van der Waals surface area contributed by atoms with Crippen LogP contribution in [0, 0.1) is 0 Å².